The van der Waals surface area contributed by atoms with Gasteiger partial charge in [0.15, 0.2) is 0 Å². The number of anilines is 1. The zero-order valence-corrected chi connectivity index (χ0v) is 10.7. The third-order valence-corrected chi connectivity index (χ3v) is 4.05. The van der Waals surface area contributed by atoms with Crippen molar-refractivity contribution in [3.05, 3.63) is 33.9 Å². The van der Waals surface area contributed by atoms with Crippen LogP contribution in [0.3, 0.4) is 0 Å². The van der Waals surface area contributed by atoms with E-state index in [4.69, 9.17) is 0 Å². The van der Waals surface area contributed by atoms with E-state index in [-0.39, 0.29) is 16.0 Å². The van der Waals surface area contributed by atoms with E-state index in [1.807, 2.05) is 6.07 Å². The van der Waals surface area contributed by atoms with Gasteiger partial charge in [0.1, 0.15) is 0 Å². The molecule has 0 amide bonds. The molecule has 17 heavy (non-hydrogen) atoms. The first-order valence-corrected chi connectivity index (χ1v) is 5.95. The van der Waals surface area contributed by atoms with Crippen molar-refractivity contribution in [2.45, 2.75) is 39.2 Å². The van der Waals surface area contributed by atoms with E-state index in [0.29, 0.717) is 6.04 Å². The lowest BCUT2D eigenvalue weighted by molar-refractivity contribution is -0.384. The zero-order chi connectivity index (χ0) is 12.8. The molecule has 0 spiro atoms. The number of hydrogen-bond acceptors (Lipinski definition) is 3. The van der Waals surface area contributed by atoms with Crippen molar-refractivity contribution in [3.8, 4) is 0 Å². The summed E-state index contributed by atoms with van der Waals surface area (Å²) in [6, 6.07) is 5.56. The topological polar surface area (TPSA) is 46.4 Å². The predicted octanol–water partition coefficient (Wildman–Crippen LogP) is 3.10. The van der Waals surface area contributed by atoms with Crippen LogP contribution in [0.1, 0.15) is 33.3 Å². The van der Waals surface area contributed by atoms with Gasteiger partial charge in [0.25, 0.3) is 5.69 Å². The van der Waals surface area contributed by atoms with Crippen molar-refractivity contribution < 1.29 is 4.92 Å². The summed E-state index contributed by atoms with van der Waals surface area (Å²) in [6.45, 7) is 9.51. The molecule has 4 nitrogen and oxygen atoms in total. The minimum atomic E-state index is -0.324. The van der Waals surface area contributed by atoms with Gasteiger partial charge in [-0.05, 0) is 25.5 Å². The van der Waals surface area contributed by atoms with Gasteiger partial charge in [-0.1, -0.05) is 13.8 Å². The summed E-state index contributed by atoms with van der Waals surface area (Å²) in [5, 5.41) is 10.8. The van der Waals surface area contributed by atoms with Gasteiger partial charge in [0.05, 0.1) is 4.92 Å². The summed E-state index contributed by atoms with van der Waals surface area (Å²) in [6.07, 6.45) is 0. The van der Waals surface area contributed by atoms with Gasteiger partial charge < -0.3 is 4.90 Å². The van der Waals surface area contributed by atoms with Crippen molar-refractivity contribution in [1.29, 1.82) is 0 Å². The maximum atomic E-state index is 10.8. The van der Waals surface area contributed by atoms with Crippen LogP contribution in [0.2, 0.25) is 0 Å². The first kappa shape index (κ1) is 11.9. The van der Waals surface area contributed by atoms with Crippen molar-refractivity contribution >= 4 is 11.4 Å². The van der Waals surface area contributed by atoms with Crippen molar-refractivity contribution in [2.75, 3.05) is 11.4 Å². The van der Waals surface area contributed by atoms with E-state index in [1.165, 1.54) is 0 Å². The Morgan fingerprint density at radius 3 is 2.65 bits per heavy atom. The second kappa shape index (κ2) is 3.72. The highest BCUT2D eigenvalue weighted by atomic mass is 16.6. The Labute approximate surface area is 101 Å². The molecule has 0 saturated carbocycles. The van der Waals surface area contributed by atoms with Gasteiger partial charge in [-0.25, -0.2) is 0 Å². The molecular formula is C13H18N2O2. The van der Waals surface area contributed by atoms with Crippen LogP contribution in [0.4, 0.5) is 11.4 Å². The van der Waals surface area contributed by atoms with E-state index in [1.54, 1.807) is 12.1 Å². The fourth-order valence-corrected chi connectivity index (χ4v) is 2.67. The van der Waals surface area contributed by atoms with Crippen molar-refractivity contribution in [1.82, 2.24) is 0 Å². The standard InChI is InChI=1S/C13H18N2O2/c1-5-14-9(2)13(3,4)11-8-10(15(16)17)6-7-12(11)14/h6-9H,5H2,1-4H3. The number of non-ortho nitro benzene ring substituents is 1. The lowest BCUT2D eigenvalue weighted by Gasteiger charge is -2.30. The predicted molar refractivity (Wildman–Crippen MR) is 68.6 cm³/mol. The van der Waals surface area contributed by atoms with Crippen molar-refractivity contribution in [3.63, 3.8) is 0 Å². The van der Waals surface area contributed by atoms with E-state index in [0.717, 1.165) is 17.8 Å². The number of rotatable bonds is 2. The van der Waals surface area contributed by atoms with Crippen LogP contribution < -0.4 is 4.90 Å². The first-order chi connectivity index (χ1) is 7.89. The summed E-state index contributed by atoms with van der Waals surface area (Å²) < 4.78 is 0. The Bertz CT molecular complexity index is 468. The molecule has 4 heteroatoms. The SMILES string of the molecule is CCN1c2ccc([N+](=O)[O-])cc2C(C)(C)C1C. The quantitative estimate of drug-likeness (QED) is 0.583. The highest BCUT2D eigenvalue weighted by Gasteiger charge is 2.41. The largest absolute Gasteiger partial charge is 0.368 e. The molecule has 1 aromatic carbocycles. The summed E-state index contributed by atoms with van der Waals surface area (Å²) in [5.74, 6) is 0. The Hall–Kier alpha value is -1.58. The molecule has 1 aliphatic rings. The van der Waals surface area contributed by atoms with E-state index in [9.17, 15) is 10.1 Å². The van der Waals surface area contributed by atoms with Gasteiger partial charge >= 0.3 is 0 Å². The number of nitro benzene ring substituents is 1. The van der Waals surface area contributed by atoms with Gasteiger partial charge in [-0.15, -0.1) is 0 Å². The summed E-state index contributed by atoms with van der Waals surface area (Å²) in [7, 11) is 0. The summed E-state index contributed by atoms with van der Waals surface area (Å²) >= 11 is 0. The monoisotopic (exact) mass is 234 g/mol. The molecular weight excluding hydrogens is 216 g/mol. The maximum absolute atomic E-state index is 10.8. The molecule has 92 valence electrons. The Balaban J connectivity index is 2.59. The molecule has 0 N–H and O–H groups in total. The van der Waals surface area contributed by atoms with Gasteiger partial charge in [-0.3, -0.25) is 10.1 Å². The lowest BCUT2D eigenvalue weighted by atomic mass is 9.81. The van der Waals surface area contributed by atoms with Crippen LogP contribution >= 0.6 is 0 Å². The third kappa shape index (κ3) is 1.59. The summed E-state index contributed by atoms with van der Waals surface area (Å²) in [4.78, 5) is 12.8. The smallest absolute Gasteiger partial charge is 0.269 e. The average Bonchev–Trinajstić information content (AvgIpc) is 2.47. The summed E-state index contributed by atoms with van der Waals surface area (Å²) in [5.41, 5.74) is 2.36. The molecule has 1 unspecified atom stereocenters. The molecule has 2 rings (SSSR count). The fourth-order valence-electron chi connectivity index (χ4n) is 2.67. The normalized spacial score (nSPS) is 21.4. The molecule has 0 aliphatic carbocycles. The van der Waals surface area contributed by atoms with Gasteiger partial charge in [0, 0.05) is 35.8 Å². The molecule has 0 fully saturated rings. The number of likely N-dealkylation sites (N-methyl/N-ethyl adjacent to an activating group) is 1. The number of hydrogen-bond donors (Lipinski definition) is 0. The van der Waals surface area contributed by atoms with Gasteiger partial charge in [0.2, 0.25) is 0 Å². The van der Waals surface area contributed by atoms with Crippen LogP contribution in [-0.2, 0) is 5.41 Å². The Kier molecular flexibility index (Phi) is 2.60. The molecule has 1 aromatic rings. The second-order valence-corrected chi connectivity index (χ2v) is 5.14. The van der Waals surface area contributed by atoms with Crippen LogP contribution in [-0.4, -0.2) is 17.5 Å². The van der Waals surface area contributed by atoms with E-state index in [2.05, 4.69) is 32.6 Å². The Morgan fingerprint density at radius 1 is 1.47 bits per heavy atom. The molecule has 0 aromatic heterocycles. The minimum Gasteiger partial charge on any atom is -0.368 e. The molecule has 1 heterocycles. The van der Waals surface area contributed by atoms with Crippen LogP contribution in [0.5, 0.6) is 0 Å². The first-order valence-electron chi connectivity index (χ1n) is 5.95. The van der Waals surface area contributed by atoms with Crippen LogP contribution in [0.25, 0.3) is 0 Å². The van der Waals surface area contributed by atoms with E-state index < -0.39 is 0 Å². The fraction of sp³-hybridized carbons (Fsp3) is 0.538. The number of nitrogens with zero attached hydrogens (tertiary/aromatic N) is 2. The minimum absolute atomic E-state index is 0.0443. The highest BCUT2D eigenvalue weighted by Crippen LogP contribution is 2.45. The lowest BCUT2D eigenvalue weighted by Crippen LogP contribution is -2.38. The van der Waals surface area contributed by atoms with Gasteiger partial charge in [-0.2, -0.15) is 0 Å². The third-order valence-electron chi connectivity index (χ3n) is 4.05. The molecule has 0 bridgehead atoms. The molecule has 1 atom stereocenters. The number of fused-ring (bicyclic) bond motifs is 1. The average molecular weight is 234 g/mol. The van der Waals surface area contributed by atoms with Crippen molar-refractivity contribution in [2.24, 2.45) is 0 Å². The second-order valence-electron chi connectivity index (χ2n) is 5.14. The number of benzene rings is 1. The highest BCUT2D eigenvalue weighted by molar-refractivity contribution is 5.66. The molecule has 1 aliphatic heterocycles. The van der Waals surface area contributed by atoms with Crippen LogP contribution in [0, 0.1) is 10.1 Å². The van der Waals surface area contributed by atoms with E-state index >= 15 is 0 Å². The maximum Gasteiger partial charge on any atom is 0.269 e. The number of nitro groups is 1. The Morgan fingerprint density at radius 2 is 2.12 bits per heavy atom. The molecule has 0 radical (unpaired) electrons. The zero-order valence-electron chi connectivity index (χ0n) is 10.7. The van der Waals surface area contributed by atoms with Crippen LogP contribution in [0.15, 0.2) is 18.2 Å². The molecule has 0 saturated heterocycles.